The van der Waals surface area contributed by atoms with E-state index in [2.05, 4.69) is 11.2 Å². The Morgan fingerprint density at radius 3 is 2.58 bits per heavy atom. The van der Waals surface area contributed by atoms with Gasteiger partial charge < -0.3 is 0 Å². The number of nitriles is 1. The fourth-order valence-corrected chi connectivity index (χ4v) is 5.06. The van der Waals surface area contributed by atoms with Crippen LogP contribution in [-0.2, 0) is 16.2 Å². The Kier molecular flexibility index (Phi) is 5.81. The predicted octanol–water partition coefficient (Wildman–Crippen LogP) is 4.90. The molecule has 6 nitrogen and oxygen atoms in total. The second-order valence-corrected chi connectivity index (χ2v) is 8.93. The van der Waals surface area contributed by atoms with Gasteiger partial charge in [0.1, 0.15) is 11.6 Å². The number of amides is 1. The highest BCUT2D eigenvalue weighted by atomic mass is 19.1. The SMILES string of the molecule is N#Cc1ccc2cnn(C[C@H]3CC[C@H](C(=O)N4OCC[C@H]4c4cc(F)cc(F)c4)CC3)c2c1. The van der Waals surface area contributed by atoms with E-state index in [1.165, 1.54) is 17.2 Å². The lowest BCUT2D eigenvalue weighted by Gasteiger charge is -2.32. The number of hydroxylamine groups is 2. The Balaban J connectivity index is 1.23. The van der Waals surface area contributed by atoms with E-state index < -0.39 is 17.7 Å². The summed E-state index contributed by atoms with van der Waals surface area (Å²) in [4.78, 5) is 18.8. The van der Waals surface area contributed by atoms with E-state index in [0.29, 0.717) is 30.1 Å². The van der Waals surface area contributed by atoms with Gasteiger partial charge in [0, 0.05) is 30.3 Å². The third-order valence-corrected chi connectivity index (χ3v) is 6.79. The molecule has 1 aromatic heterocycles. The molecule has 8 heteroatoms. The molecule has 1 amide bonds. The van der Waals surface area contributed by atoms with Gasteiger partial charge in [-0.05, 0) is 67.5 Å². The van der Waals surface area contributed by atoms with E-state index in [4.69, 9.17) is 4.84 Å². The van der Waals surface area contributed by atoms with Crippen LogP contribution >= 0.6 is 0 Å². The van der Waals surface area contributed by atoms with Crippen molar-refractivity contribution in [2.75, 3.05) is 6.61 Å². The number of hydrogen-bond donors (Lipinski definition) is 0. The molecule has 1 atom stereocenters. The predicted molar refractivity (Wildman–Crippen MR) is 116 cm³/mol. The highest BCUT2D eigenvalue weighted by molar-refractivity contribution is 5.80. The van der Waals surface area contributed by atoms with Gasteiger partial charge in [-0.3, -0.25) is 14.3 Å². The van der Waals surface area contributed by atoms with Crippen molar-refractivity contribution < 1.29 is 18.4 Å². The van der Waals surface area contributed by atoms with Crippen LogP contribution in [0.3, 0.4) is 0 Å². The molecule has 170 valence electrons. The molecule has 2 aromatic carbocycles. The van der Waals surface area contributed by atoms with E-state index in [1.54, 1.807) is 6.07 Å². The Morgan fingerprint density at radius 1 is 1.09 bits per heavy atom. The Morgan fingerprint density at radius 2 is 1.85 bits per heavy atom. The molecule has 3 aromatic rings. The molecule has 0 spiro atoms. The van der Waals surface area contributed by atoms with Crippen molar-refractivity contribution in [1.29, 1.82) is 5.26 Å². The zero-order valence-corrected chi connectivity index (χ0v) is 18.1. The molecule has 1 saturated heterocycles. The second kappa shape index (κ2) is 8.91. The van der Waals surface area contributed by atoms with Crippen LogP contribution in [0.2, 0.25) is 0 Å². The molecule has 2 heterocycles. The van der Waals surface area contributed by atoms with Crippen LogP contribution in [0.25, 0.3) is 10.9 Å². The third kappa shape index (κ3) is 4.33. The standard InChI is InChI=1S/C25H24F2N4O2/c26-21-10-20(11-22(27)12-21)23-7-8-33-31(23)25(32)18-4-1-16(2-5-18)15-30-24-9-17(13-28)3-6-19(24)14-29-30/h3,6,9-12,14,16,18,23H,1-2,4-5,7-8,15H2/t16-,18-,23-/m0/s1. The van der Waals surface area contributed by atoms with E-state index in [-0.39, 0.29) is 11.8 Å². The van der Waals surface area contributed by atoms with Crippen molar-refractivity contribution in [2.45, 2.75) is 44.7 Å². The van der Waals surface area contributed by atoms with Crippen LogP contribution < -0.4 is 0 Å². The van der Waals surface area contributed by atoms with Crippen molar-refractivity contribution in [3.05, 3.63) is 65.4 Å². The number of nitrogens with zero attached hydrogens (tertiary/aromatic N) is 4. The summed E-state index contributed by atoms with van der Waals surface area (Å²) in [6.45, 7) is 1.09. The van der Waals surface area contributed by atoms with E-state index in [9.17, 15) is 18.8 Å². The fraction of sp³-hybridized carbons (Fsp3) is 0.400. The average Bonchev–Trinajstić information content (AvgIpc) is 3.46. The first kappa shape index (κ1) is 21.5. The quantitative estimate of drug-likeness (QED) is 0.567. The van der Waals surface area contributed by atoms with E-state index >= 15 is 0 Å². The minimum absolute atomic E-state index is 0.108. The molecule has 0 N–H and O–H groups in total. The van der Waals surface area contributed by atoms with Gasteiger partial charge in [-0.15, -0.1) is 0 Å². The monoisotopic (exact) mass is 450 g/mol. The number of carbonyl (C=O) groups is 1. The normalized spacial score (nSPS) is 23.1. The largest absolute Gasteiger partial charge is 0.272 e. The van der Waals surface area contributed by atoms with Crippen LogP contribution in [0.4, 0.5) is 8.78 Å². The maximum Gasteiger partial charge on any atom is 0.249 e. The summed E-state index contributed by atoms with van der Waals surface area (Å²) >= 11 is 0. The minimum Gasteiger partial charge on any atom is -0.272 e. The van der Waals surface area contributed by atoms with Crippen molar-refractivity contribution in [3.63, 3.8) is 0 Å². The smallest absolute Gasteiger partial charge is 0.249 e. The fourth-order valence-electron chi connectivity index (χ4n) is 5.06. The van der Waals surface area contributed by atoms with Gasteiger partial charge in [0.15, 0.2) is 0 Å². The first-order valence-corrected chi connectivity index (χ1v) is 11.3. The van der Waals surface area contributed by atoms with Crippen molar-refractivity contribution in [1.82, 2.24) is 14.8 Å². The molecule has 0 unspecified atom stereocenters. The molecular weight excluding hydrogens is 426 g/mol. The molecule has 2 fully saturated rings. The molecule has 1 saturated carbocycles. The van der Waals surface area contributed by atoms with Gasteiger partial charge in [-0.1, -0.05) is 0 Å². The van der Waals surface area contributed by atoms with Gasteiger partial charge in [-0.2, -0.15) is 10.4 Å². The molecule has 0 bridgehead atoms. The molecule has 5 rings (SSSR count). The number of aromatic nitrogens is 2. The van der Waals surface area contributed by atoms with Gasteiger partial charge in [0.05, 0.1) is 36.0 Å². The Labute approximate surface area is 190 Å². The molecule has 2 aliphatic rings. The van der Waals surface area contributed by atoms with Crippen LogP contribution in [0, 0.1) is 34.8 Å². The number of fused-ring (bicyclic) bond motifs is 1. The summed E-state index contributed by atoms with van der Waals surface area (Å²) in [5.74, 6) is -1.20. The lowest BCUT2D eigenvalue weighted by Crippen LogP contribution is -2.37. The van der Waals surface area contributed by atoms with Crippen LogP contribution in [0.5, 0.6) is 0 Å². The maximum atomic E-state index is 13.7. The third-order valence-electron chi connectivity index (χ3n) is 6.79. The molecule has 1 aliphatic heterocycles. The number of halogens is 2. The number of benzene rings is 2. The Bertz CT molecular complexity index is 1210. The van der Waals surface area contributed by atoms with Gasteiger partial charge in [-0.25, -0.2) is 13.8 Å². The van der Waals surface area contributed by atoms with Crippen molar-refractivity contribution in [3.8, 4) is 6.07 Å². The van der Waals surface area contributed by atoms with Gasteiger partial charge in [0.2, 0.25) is 5.91 Å². The highest BCUT2D eigenvalue weighted by Gasteiger charge is 2.37. The summed E-state index contributed by atoms with van der Waals surface area (Å²) in [7, 11) is 0. The first-order valence-electron chi connectivity index (χ1n) is 11.3. The topological polar surface area (TPSA) is 71.2 Å². The summed E-state index contributed by atoms with van der Waals surface area (Å²) in [5, 5.41) is 16.0. The summed E-state index contributed by atoms with van der Waals surface area (Å²) in [6.07, 6.45) is 5.55. The molecular formula is C25H24F2N4O2. The Hall–Kier alpha value is -3.31. The highest BCUT2D eigenvalue weighted by Crippen LogP contribution is 2.37. The zero-order chi connectivity index (χ0) is 22.9. The van der Waals surface area contributed by atoms with Crippen LogP contribution in [-0.4, -0.2) is 27.4 Å². The average molecular weight is 450 g/mol. The summed E-state index contributed by atoms with van der Waals surface area (Å²) < 4.78 is 29.3. The van der Waals surface area contributed by atoms with E-state index in [1.807, 2.05) is 23.0 Å². The molecule has 33 heavy (non-hydrogen) atoms. The lowest BCUT2D eigenvalue weighted by atomic mass is 9.81. The van der Waals surface area contributed by atoms with Crippen molar-refractivity contribution in [2.24, 2.45) is 11.8 Å². The minimum atomic E-state index is -0.655. The van der Waals surface area contributed by atoms with Crippen LogP contribution in [0.1, 0.15) is 49.3 Å². The molecule has 0 radical (unpaired) electrons. The lowest BCUT2D eigenvalue weighted by molar-refractivity contribution is -0.183. The second-order valence-electron chi connectivity index (χ2n) is 8.93. The van der Waals surface area contributed by atoms with Crippen molar-refractivity contribution >= 4 is 16.8 Å². The first-order chi connectivity index (χ1) is 16.0. The van der Waals surface area contributed by atoms with Gasteiger partial charge >= 0.3 is 0 Å². The molecule has 1 aliphatic carbocycles. The maximum absolute atomic E-state index is 13.7. The van der Waals surface area contributed by atoms with E-state index in [0.717, 1.165) is 49.2 Å². The van der Waals surface area contributed by atoms with Gasteiger partial charge in [0.25, 0.3) is 0 Å². The summed E-state index contributed by atoms with van der Waals surface area (Å²) in [6, 6.07) is 10.6. The van der Waals surface area contributed by atoms with Crippen LogP contribution in [0.15, 0.2) is 42.6 Å². The summed E-state index contributed by atoms with van der Waals surface area (Å²) in [5.41, 5.74) is 1.98. The number of hydrogen-bond acceptors (Lipinski definition) is 4. The zero-order valence-electron chi connectivity index (χ0n) is 18.1. The number of rotatable bonds is 4. The number of carbonyl (C=O) groups excluding carboxylic acids is 1.